The van der Waals surface area contributed by atoms with Gasteiger partial charge in [-0.2, -0.15) is 0 Å². The number of benzene rings is 2. The monoisotopic (exact) mass is 362 g/mol. The van der Waals surface area contributed by atoms with Crippen LogP contribution in [0.1, 0.15) is 26.2 Å². The Labute approximate surface area is 149 Å². The van der Waals surface area contributed by atoms with E-state index in [1.54, 1.807) is 12.1 Å². The fourth-order valence-corrected chi connectivity index (χ4v) is 4.66. The quantitative estimate of drug-likeness (QED) is 0.795. The predicted molar refractivity (Wildman–Crippen MR) is 101 cm³/mol. The van der Waals surface area contributed by atoms with E-state index < -0.39 is 10.0 Å². The molecule has 1 heterocycles. The topological polar surface area (TPSA) is 67.4 Å². The average Bonchev–Trinajstić information content (AvgIpc) is 2.63. The smallest absolute Gasteiger partial charge is 0.241 e. The molecule has 0 bridgehead atoms. The van der Waals surface area contributed by atoms with Gasteiger partial charge in [0, 0.05) is 17.3 Å². The van der Waals surface area contributed by atoms with Gasteiger partial charge < -0.3 is 10.1 Å². The van der Waals surface area contributed by atoms with Crippen molar-refractivity contribution >= 4 is 20.8 Å². The van der Waals surface area contributed by atoms with Crippen molar-refractivity contribution in [3.05, 3.63) is 36.4 Å². The van der Waals surface area contributed by atoms with E-state index in [0.29, 0.717) is 35.1 Å². The molecule has 2 aromatic carbocycles. The van der Waals surface area contributed by atoms with Gasteiger partial charge >= 0.3 is 0 Å². The molecule has 1 unspecified atom stereocenters. The van der Waals surface area contributed by atoms with E-state index in [1.807, 2.05) is 31.2 Å². The summed E-state index contributed by atoms with van der Waals surface area (Å²) in [5, 5.41) is 4.88. The Morgan fingerprint density at radius 1 is 1.20 bits per heavy atom. The van der Waals surface area contributed by atoms with Crippen molar-refractivity contribution in [1.82, 2.24) is 10.0 Å². The standard InChI is InChI=1S/C19H26N2O3S/c1-2-24-18-9-10-19(17-8-4-3-7-16(17)18)25(22,23)21-13-11-15-6-5-12-20-14-15/h3-4,7-10,15,20-21H,2,5-6,11-14H2,1H3. The van der Waals surface area contributed by atoms with E-state index >= 15 is 0 Å². The zero-order valence-electron chi connectivity index (χ0n) is 14.6. The molecular formula is C19H26N2O3S. The van der Waals surface area contributed by atoms with Crippen molar-refractivity contribution in [2.24, 2.45) is 5.92 Å². The van der Waals surface area contributed by atoms with Crippen LogP contribution in [-0.2, 0) is 10.0 Å². The van der Waals surface area contributed by atoms with Gasteiger partial charge in [0.2, 0.25) is 10.0 Å². The van der Waals surface area contributed by atoms with Crippen LogP contribution in [0.5, 0.6) is 5.75 Å². The van der Waals surface area contributed by atoms with Gasteiger partial charge in [-0.3, -0.25) is 0 Å². The van der Waals surface area contributed by atoms with Crippen molar-refractivity contribution in [3.8, 4) is 5.75 Å². The molecule has 0 saturated carbocycles. The first-order chi connectivity index (χ1) is 12.1. The van der Waals surface area contributed by atoms with Crippen molar-refractivity contribution in [2.75, 3.05) is 26.2 Å². The molecule has 25 heavy (non-hydrogen) atoms. The van der Waals surface area contributed by atoms with Crippen molar-refractivity contribution < 1.29 is 13.2 Å². The lowest BCUT2D eigenvalue weighted by atomic mass is 9.96. The van der Waals surface area contributed by atoms with Gasteiger partial charge in [0.15, 0.2) is 0 Å². The number of piperidine rings is 1. The Morgan fingerprint density at radius 3 is 2.72 bits per heavy atom. The summed E-state index contributed by atoms with van der Waals surface area (Å²) in [6.45, 7) is 4.98. The molecule has 3 rings (SSSR count). The highest BCUT2D eigenvalue weighted by molar-refractivity contribution is 7.89. The van der Waals surface area contributed by atoms with Gasteiger partial charge in [-0.05, 0) is 57.3 Å². The zero-order chi connectivity index (χ0) is 17.7. The molecule has 6 heteroatoms. The largest absolute Gasteiger partial charge is 0.493 e. The van der Waals surface area contributed by atoms with Crippen LogP contribution in [0.2, 0.25) is 0 Å². The van der Waals surface area contributed by atoms with Crippen LogP contribution in [0.25, 0.3) is 10.8 Å². The molecule has 1 atom stereocenters. The summed E-state index contributed by atoms with van der Waals surface area (Å²) >= 11 is 0. The van der Waals surface area contributed by atoms with Crippen molar-refractivity contribution in [2.45, 2.75) is 31.1 Å². The Balaban J connectivity index is 1.78. The Bertz CT molecular complexity index is 815. The molecule has 0 aliphatic carbocycles. The molecule has 1 fully saturated rings. The van der Waals surface area contributed by atoms with E-state index in [-0.39, 0.29) is 0 Å². The van der Waals surface area contributed by atoms with Crippen LogP contribution in [-0.4, -0.2) is 34.7 Å². The van der Waals surface area contributed by atoms with E-state index in [1.165, 1.54) is 12.8 Å². The predicted octanol–water partition coefficient (Wildman–Crippen LogP) is 2.91. The first-order valence-electron chi connectivity index (χ1n) is 8.96. The summed E-state index contributed by atoms with van der Waals surface area (Å²) < 4.78 is 34.0. The third-order valence-electron chi connectivity index (χ3n) is 4.68. The number of rotatable bonds is 7. The summed E-state index contributed by atoms with van der Waals surface area (Å²) in [4.78, 5) is 0.313. The van der Waals surface area contributed by atoms with E-state index in [4.69, 9.17) is 4.74 Å². The fraction of sp³-hybridized carbons (Fsp3) is 0.474. The number of hydrogen-bond donors (Lipinski definition) is 2. The molecule has 0 spiro atoms. The number of hydrogen-bond acceptors (Lipinski definition) is 4. The summed E-state index contributed by atoms with van der Waals surface area (Å²) in [6.07, 6.45) is 3.20. The maximum absolute atomic E-state index is 12.8. The number of sulfonamides is 1. The van der Waals surface area contributed by atoms with Gasteiger partial charge in [0.25, 0.3) is 0 Å². The summed E-state index contributed by atoms with van der Waals surface area (Å²) in [7, 11) is -3.55. The second-order valence-corrected chi connectivity index (χ2v) is 8.17. The minimum Gasteiger partial charge on any atom is -0.493 e. The normalized spacial score (nSPS) is 18.4. The van der Waals surface area contributed by atoms with Gasteiger partial charge in [-0.1, -0.05) is 24.3 Å². The summed E-state index contributed by atoms with van der Waals surface area (Å²) in [5.41, 5.74) is 0. The van der Waals surface area contributed by atoms with Crippen molar-refractivity contribution in [1.29, 1.82) is 0 Å². The van der Waals surface area contributed by atoms with Crippen LogP contribution in [0.15, 0.2) is 41.3 Å². The molecule has 2 N–H and O–H groups in total. The summed E-state index contributed by atoms with van der Waals surface area (Å²) in [6, 6.07) is 10.9. The summed E-state index contributed by atoms with van der Waals surface area (Å²) in [5.74, 6) is 1.26. The Morgan fingerprint density at radius 2 is 2.00 bits per heavy atom. The van der Waals surface area contributed by atoms with E-state index in [9.17, 15) is 8.42 Å². The van der Waals surface area contributed by atoms with Crippen LogP contribution in [0.4, 0.5) is 0 Å². The lowest BCUT2D eigenvalue weighted by Gasteiger charge is -2.22. The second-order valence-electron chi connectivity index (χ2n) is 6.44. The van der Waals surface area contributed by atoms with Crippen molar-refractivity contribution in [3.63, 3.8) is 0 Å². The van der Waals surface area contributed by atoms with E-state index in [2.05, 4.69) is 10.0 Å². The maximum atomic E-state index is 12.8. The lowest BCUT2D eigenvalue weighted by molar-refractivity contribution is 0.344. The molecular weight excluding hydrogens is 336 g/mol. The molecule has 1 aliphatic heterocycles. The van der Waals surface area contributed by atoms with Gasteiger partial charge in [-0.25, -0.2) is 13.1 Å². The molecule has 1 aliphatic rings. The minimum atomic E-state index is -3.55. The van der Waals surface area contributed by atoms with Crippen LogP contribution < -0.4 is 14.8 Å². The van der Waals surface area contributed by atoms with Gasteiger partial charge in [0.1, 0.15) is 5.75 Å². The molecule has 0 aromatic heterocycles. The van der Waals surface area contributed by atoms with Crippen LogP contribution in [0, 0.1) is 5.92 Å². The number of fused-ring (bicyclic) bond motifs is 1. The van der Waals surface area contributed by atoms with Crippen LogP contribution >= 0.6 is 0 Å². The Hall–Kier alpha value is -1.63. The fourth-order valence-electron chi connectivity index (χ4n) is 3.41. The maximum Gasteiger partial charge on any atom is 0.241 e. The first kappa shape index (κ1) is 18.2. The molecule has 0 radical (unpaired) electrons. The second kappa shape index (κ2) is 8.17. The third kappa shape index (κ3) is 4.32. The molecule has 0 amide bonds. The minimum absolute atomic E-state index is 0.313. The number of ether oxygens (including phenoxy) is 1. The van der Waals surface area contributed by atoms with Crippen LogP contribution in [0.3, 0.4) is 0 Å². The Kier molecular flexibility index (Phi) is 5.93. The SMILES string of the molecule is CCOc1ccc(S(=O)(=O)NCCC2CCCNC2)c2ccccc12. The highest BCUT2D eigenvalue weighted by Crippen LogP contribution is 2.31. The van der Waals surface area contributed by atoms with E-state index in [0.717, 1.165) is 24.9 Å². The highest BCUT2D eigenvalue weighted by Gasteiger charge is 2.20. The first-order valence-corrected chi connectivity index (χ1v) is 10.4. The third-order valence-corrected chi connectivity index (χ3v) is 6.20. The number of nitrogens with one attached hydrogen (secondary N) is 2. The molecule has 1 saturated heterocycles. The molecule has 136 valence electrons. The van der Waals surface area contributed by atoms with Gasteiger partial charge in [-0.15, -0.1) is 0 Å². The molecule has 5 nitrogen and oxygen atoms in total. The zero-order valence-corrected chi connectivity index (χ0v) is 15.4. The average molecular weight is 362 g/mol. The highest BCUT2D eigenvalue weighted by atomic mass is 32.2. The lowest BCUT2D eigenvalue weighted by Crippen LogP contribution is -2.33. The molecule has 2 aromatic rings. The van der Waals surface area contributed by atoms with Gasteiger partial charge in [0.05, 0.1) is 11.5 Å².